The molecule has 18 heavy (non-hydrogen) atoms. The Bertz CT molecular complexity index is 277. The van der Waals surface area contributed by atoms with Crippen LogP contribution in [0.25, 0.3) is 0 Å². The van der Waals surface area contributed by atoms with Crippen molar-refractivity contribution in [2.75, 3.05) is 7.11 Å². The van der Waals surface area contributed by atoms with Gasteiger partial charge in [0.2, 0.25) is 5.91 Å². The van der Waals surface area contributed by atoms with E-state index >= 15 is 0 Å². The first-order valence-electron chi connectivity index (χ1n) is 6.41. The van der Waals surface area contributed by atoms with Gasteiger partial charge in [0.25, 0.3) is 0 Å². The number of carbonyl (C=O) groups excluding carboxylic acids is 2. The lowest BCUT2D eigenvalue weighted by molar-refractivity contribution is -0.145. The summed E-state index contributed by atoms with van der Waals surface area (Å²) in [7, 11) is 1.32. The number of carbonyl (C=O) groups is 2. The molecule has 0 radical (unpaired) electrons. The first-order chi connectivity index (χ1) is 8.27. The van der Waals surface area contributed by atoms with E-state index in [0.717, 1.165) is 0 Å². The Morgan fingerprint density at radius 1 is 1.11 bits per heavy atom. The maximum Gasteiger partial charge on any atom is 0.328 e. The Morgan fingerprint density at radius 2 is 1.61 bits per heavy atom. The molecule has 1 unspecified atom stereocenters. The summed E-state index contributed by atoms with van der Waals surface area (Å²) in [5.41, 5.74) is 5.77. The van der Waals surface area contributed by atoms with E-state index in [1.165, 1.54) is 7.11 Å². The fraction of sp³-hybridized carbons (Fsp3) is 0.846. The smallest absolute Gasteiger partial charge is 0.328 e. The lowest BCUT2D eigenvalue weighted by Crippen LogP contribution is -2.49. The minimum atomic E-state index is -0.610. The van der Waals surface area contributed by atoms with Crippen molar-refractivity contribution in [2.24, 2.45) is 17.6 Å². The van der Waals surface area contributed by atoms with Crippen molar-refractivity contribution in [1.29, 1.82) is 0 Å². The molecular formula is C13H26N2O3. The Morgan fingerprint density at radius 3 is 2.00 bits per heavy atom. The van der Waals surface area contributed by atoms with Crippen molar-refractivity contribution in [3.8, 4) is 0 Å². The van der Waals surface area contributed by atoms with Crippen LogP contribution in [0.5, 0.6) is 0 Å². The van der Waals surface area contributed by atoms with Crippen LogP contribution in [0.4, 0.5) is 0 Å². The molecule has 1 amide bonds. The Labute approximate surface area is 109 Å². The number of ether oxygens (including phenoxy) is 1. The molecule has 5 heteroatoms. The molecule has 0 aliphatic carbocycles. The van der Waals surface area contributed by atoms with Gasteiger partial charge in [0.15, 0.2) is 0 Å². The van der Waals surface area contributed by atoms with E-state index in [1.54, 1.807) is 0 Å². The molecule has 0 aromatic heterocycles. The van der Waals surface area contributed by atoms with Gasteiger partial charge in [0.05, 0.1) is 13.2 Å². The second-order valence-electron chi connectivity index (χ2n) is 5.45. The molecule has 106 valence electrons. The van der Waals surface area contributed by atoms with Crippen LogP contribution in [-0.4, -0.2) is 31.1 Å². The predicted octanol–water partition coefficient (Wildman–Crippen LogP) is 1.06. The first-order valence-corrected chi connectivity index (χ1v) is 6.41. The molecule has 3 N–H and O–H groups in total. The van der Waals surface area contributed by atoms with E-state index in [2.05, 4.69) is 10.1 Å². The van der Waals surface area contributed by atoms with Gasteiger partial charge in [0.1, 0.15) is 6.04 Å². The highest BCUT2D eigenvalue weighted by atomic mass is 16.5. The molecule has 0 aromatic carbocycles. The van der Waals surface area contributed by atoms with Crippen LogP contribution >= 0.6 is 0 Å². The second-order valence-corrected chi connectivity index (χ2v) is 5.45. The number of hydrogen-bond acceptors (Lipinski definition) is 4. The van der Waals surface area contributed by atoms with E-state index in [-0.39, 0.29) is 11.8 Å². The summed E-state index contributed by atoms with van der Waals surface area (Å²) in [6.45, 7) is 7.96. The average Bonchev–Trinajstić information content (AvgIpc) is 2.25. The maximum absolute atomic E-state index is 11.8. The Balaban J connectivity index is 4.47. The first kappa shape index (κ1) is 16.9. The molecule has 0 spiro atoms. The largest absolute Gasteiger partial charge is 0.467 e. The lowest BCUT2D eigenvalue weighted by Gasteiger charge is -2.21. The number of nitrogens with one attached hydrogen (secondary N) is 1. The quantitative estimate of drug-likeness (QED) is 0.669. The lowest BCUT2D eigenvalue weighted by atomic mass is 10.0. The van der Waals surface area contributed by atoms with Crippen LogP contribution in [0.2, 0.25) is 0 Å². The molecule has 0 aromatic rings. The van der Waals surface area contributed by atoms with Gasteiger partial charge in [-0.25, -0.2) is 4.79 Å². The Kier molecular flexibility index (Phi) is 7.59. The van der Waals surface area contributed by atoms with Crippen LogP contribution in [0.1, 0.15) is 40.5 Å². The van der Waals surface area contributed by atoms with Crippen LogP contribution in [-0.2, 0) is 14.3 Å². The minimum Gasteiger partial charge on any atom is -0.467 e. The van der Waals surface area contributed by atoms with Crippen LogP contribution in [0.15, 0.2) is 0 Å². The van der Waals surface area contributed by atoms with Crippen molar-refractivity contribution in [1.82, 2.24) is 5.32 Å². The van der Waals surface area contributed by atoms with E-state index in [4.69, 9.17) is 5.73 Å². The number of rotatable bonds is 7. The zero-order valence-electron chi connectivity index (χ0n) is 12.0. The number of esters is 1. The minimum absolute atomic E-state index is 0.288. The normalized spacial score (nSPS) is 14.4. The van der Waals surface area contributed by atoms with Gasteiger partial charge < -0.3 is 15.8 Å². The predicted molar refractivity (Wildman–Crippen MR) is 70.8 cm³/mol. The van der Waals surface area contributed by atoms with Crippen molar-refractivity contribution >= 4 is 11.9 Å². The highest BCUT2D eigenvalue weighted by Gasteiger charge is 2.25. The molecule has 0 aliphatic heterocycles. The molecule has 0 saturated carbocycles. The van der Waals surface area contributed by atoms with E-state index in [0.29, 0.717) is 18.8 Å². The number of nitrogens with two attached hydrogens (primary N) is 1. The molecule has 0 aliphatic rings. The summed E-state index contributed by atoms with van der Waals surface area (Å²) < 4.78 is 4.68. The topological polar surface area (TPSA) is 81.4 Å². The third-order valence-corrected chi connectivity index (χ3v) is 2.57. The highest BCUT2D eigenvalue weighted by Crippen LogP contribution is 2.08. The molecule has 0 bridgehead atoms. The van der Waals surface area contributed by atoms with Gasteiger partial charge in [0, 0.05) is 0 Å². The second kappa shape index (κ2) is 8.08. The number of amides is 1. The number of methoxy groups -OCH3 is 1. The third-order valence-electron chi connectivity index (χ3n) is 2.57. The molecule has 5 nitrogen and oxygen atoms in total. The van der Waals surface area contributed by atoms with Crippen molar-refractivity contribution in [3.05, 3.63) is 0 Å². The van der Waals surface area contributed by atoms with Gasteiger partial charge in [-0.2, -0.15) is 0 Å². The van der Waals surface area contributed by atoms with Gasteiger partial charge in [-0.3, -0.25) is 4.79 Å². The van der Waals surface area contributed by atoms with Crippen LogP contribution in [0.3, 0.4) is 0 Å². The molecule has 0 saturated heterocycles. The number of hydrogen-bond donors (Lipinski definition) is 2. The summed E-state index contributed by atoms with van der Waals surface area (Å²) in [5.74, 6) is -0.0864. The summed E-state index contributed by atoms with van der Waals surface area (Å²) in [6.07, 6.45) is 1.15. The molecule has 0 fully saturated rings. The molecule has 0 rings (SSSR count). The molecule has 0 heterocycles. The van der Waals surface area contributed by atoms with Gasteiger partial charge in [-0.15, -0.1) is 0 Å². The third kappa shape index (κ3) is 6.59. The summed E-state index contributed by atoms with van der Waals surface area (Å²) in [5, 5.41) is 2.67. The molecular weight excluding hydrogens is 232 g/mol. The highest BCUT2D eigenvalue weighted by molar-refractivity contribution is 5.87. The zero-order valence-corrected chi connectivity index (χ0v) is 12.0. The van der Waals surface area contributed by atoms with Crippen molar-refractivity contribution in [3.63, 3.8) is 0 Å². The SMILES string of the molecule is COC(=O)[C@H](CC(C)C)NC(=O)C(N)CC(C)C. The molecule has 2 atom stereocenters. The van der Waals surface area contributed by atoms with E-state index in [1.807, 2.05) is 27.7 Å². The monoisotopic (exact) mass is 258 g/mol. The van der Waals surface area contributed by atoms with Crippen molar-refractivity contribution in [2.45, 2.75) is 52.6 Å². The fourth-order valence-electron chi connectivity index (χ4n) is 1.72. The summed E-state index contributed by atoms with van der Waals surface area (Å²) >= 11 is 0. The van der Waals surface area contributed by atoms with E-state index in [9.17, 15) is 9.59 Å². The average molecular weight is 258 g/mol. The van der Waals surface area contributed by atoms with Gasteiger partial charge in [-0.05, 0) is 24.7 Å². The summed E-state index contributed by atoms with van der Waals surface area (Å²) in [6, 6.07) is -1.19. The van der Waals surface area contributed by atoms with Crippen LogP contribution in [0, 0.1) is 11.8 Å². The maximum atomic E-state index is 11.8. The van der Waals surface area contributed by atoms with Crippen molar-refractivity contribution < 1.29 is 14.3 Å². The van der Waals surface area contributed by atoms with Gasteiger partial charge >= 0.3 is 5.97 Å². The standard InChI is InChI=1S/C13H26N2O3/c1-8(2)6-10(14)12(16)15-11(7-9(3)4)13(17)18-5/h8-11H,6-7,14H2,1-5H3,(H,15,16)/t10?,11-/m0/s1. The van der Waals surface area contributed by atoms with Gasteiger partial charge in [-0.1, -0.05) is 27.7 Å². The Hall–Kier alpha value is -1.10. The zero-order chi connectivity index (χ0) is 14.3. The fourth-order valence-corrected chi connectivity index (χ4v) is 1.72. The summed E-state index contributed by atoms with van der Waals surface area (Å²) in [4.78, 5) is 23.4. The van der Waals surface area contributed by atoms with Crippen LogP contribution < -0.4 is 11.1 Å². The van der Waals surface area contributed by atoms with E-state index < -0.39 is 18.1 Å².